The zero-order valence-electron chi connectivity index (χ0n) is 11.2. The molecule has 1 aliphatic heterocycles. The maximum atomic E-state index is 12.4. The third-order valence-corrected chi connectivity index (χ3v) is 3.25. The van der Waals surface area contributed by atoms with E-state index in [2.05, 4.69) is 5.32 Å². The minimum Gasteiger partial charge on any atom is -0.354 e. The maximum absolute atomic E-state index is 12.4. The molecule has 21 heavy (non-hydrogen) atoms. The van der Waals surface area contributed by atoms with Crippen LogP contribution in [-0.4, -0.2) is 36.3 Å². The fourth-order valence-corrected chi connectivity index (χ4v) is 2.12. The number of carbonyl (C=O) groups excluding carboxylic acids is 2. The van der Waals surface area contributed by atoms with Crippen LogP contribution >= 0.6 is 0 Å². The molecule has 0 unspecified atom stereocenters. The van der Waals surface area contributed by atoms with E-state index in [1.165, 1.54) is 17.0 Å². The topological polar surface area (TPSA) is 49.4 Å². The van der Waals surface area contributed by atoms with E-state index in [-0.39, 0.29) is 24.8 Å². The summed E-state index contributed by atoms with van der Waals surface area (Å²) < 4.78 is 37.3. The predicted molar refractivity (Wildman–Crippen MR) is 69.4 cm³/mol. The normalized spacial score (nSPS) is 16.3. The molecule has 2 rings (SSSR count). The second-order valence-corrected chi connectivity index (χ2v) is 4.89. The quantitative estimate of drug-likeness (QED) is 0.902. The molecule has 0 spiro atoms. The smallest absolute Gasteiger partial charge is 0.354 e. The molecule has 1 heterocycles. The van der Waals surface area contributed by atoms with Gasteiger partial charge in [-0.15, -0.1) is 0 Å². The lowest BCUT2D eigenvalue weighted by Crippen LogP contribution is -2.38. The van der Waals surface area contributed by atoms with Crippen LogP contribution < -0.4 is 5.32 Å². The van der Waals surface area contributed by atoms with Crippen molar-refractivity contribution in [2.75, 3.05) is 19.6 Å². The summed E-state index contributed by atoms with van der Waals surface area (Å²) in [5.41, 5.74) is -0.245. The van der Waals surface area contributed by atoms with E-state index in [1.54, 1.807) is 0 Å². The lowest BCUT2D eigenvalue weighted by Gasteiger charge is -2.19. The Morgan fingerprint density at radius 2 is 1.90 bits per heavy atom. The molecular weight excluding hydrogens is 285 g/mol. The van der Waals surface area contributed by atoms with Crippen molar-refractivity contribution in [3.8, 4) is 0 Å². The van der Waals surface area contributed by atoms with Crippen molar-refractivity contribution in [2.24, 2.45) is 0 Å². The SMILES string of the molecule is O=C1CN(C(=O)Cc2ccc(C(F)(F)F)cc2)CCCN1. The number of amides is 2. The first-order chi connectivity index (χ1) is 9.86. The zero-order valence-corrected chi connectivity index (χ0v) is 11.2. The summed E-state index contributed by atoms with van der Waals surface area (Å²) in [5, 5.41) is 2.66. The van der Waals surface area contributed by atoms with E-state index in [9.17, 15) is 22.8 Å². The molecule has 0 bridgehead atoms. The second-order valence-electron chi connectivity index (χ2n) is 4.89. The molecule has 1 fully saturated rings. The molecular formula is C14H15F3N2O2. The molecule has 4 nitrogen and oxygen atoms in total. The van der Waals surface area contributed by atoms with Gasteiger partial charge in [-0.2, -0.15) is 13.2 Å². The standard InChI is InChI=1S/C14H15F3N2O2/c15-14(16,17)11-4-2-10(3-5-11)8-13(21)19-7-1-6-18-12(20)9-19/h2-5H,1,6-9H2,(H,18,20). The molecule has 0 saturated carbocycles. The van der Waals surface area contributed by atoms with Gasteiger partial charge in [-0.25, -0.2) is 0 Å². The average molecular weight is 300 g/mol. The highest BCUT2D eigenvalue weighted by Crippen LogP contribution is 2.29. The van der Waals surface area contributed by atoms with Gasteiger partial charge in [0.25, 0.3) is 0 Å². The van der Waals surface area contributed by atoms with Crippen molar-refractivity contribution in [1.82, 2.24) is 10.2 Å². The summed E-state index contributed by atoms with van der Waals surface area (Å²) in [5.74, 6) is -0.472. The molecule has 0 radical (unpaired) electrons. The highest BCUT2D eigenvalue weighted by atomic mass is 19.4. The van der Waals surface area contributed by atoms with Gasteiger partial charge in [0.1, 0.15) is 0 Å². The van der Waals surface area contributed by atoms with Crippen molar-refractivity contribution >= 4 is 11.8 Å². The Labute approximate surface area is 119 Å². The lowest BCUT2D eigenvalue weighted by molar-refractivity contribution is -0.137. The van der Waals surface area contributed by atoms with E-state index < -0.39 is 11.7 Å². The summed E-state index contributed by atoms with van der Waals surface area (Å²) in [4.78, 5) is 24.9. The largest absolute Gasteiger partial charge is 0.416 e. The van der Waals surface area contributed by atoms with Crippen LogP contribution in [-0.2, 0) is 22.2 Å². The average Bonchev–Trinajstić information content (AvgIpc) is 2.63. The second kappa shape index (κ2) is 6.15. The molecule has 2 amide bonds. The highest BCUT2D eigenvalue weighted by molar-refractivity contribution is 5.86. The van der Waals surface area contributed by atoms with Crippen LogP contribution in [0.4, 0.5) is 13.2 Å². The van der Waals surface area contributed by atoms with Crippen LogP contribution in [0.1, 0.15) is 17.5 Å². The van der Waals surface area contributed by atoms with Crippen LogP contribution in [0.5, 0.6) is 0 Å². The number of carbonyl (C=O) groups is 2. The summed E-state index contributed by atoms with van der Waals surface area (Å²) in [7, 11) is 0. The van der Waals surface area contributed by atoms with Gasteiger partial charge in [-0.1, -0.05) is 12.1 Å². The van der Waals surface area contributed by atoms with E-state index in [1.807, 2.05) is 0 Å². The van der Waals surface area contributed by atoms with Crippen LogP contribution in [0.2, 0.25) is 0 Å². The summed E-state index contributed by atoms with van der Waals surface area (Å²) in [6.07, 6.45) is -3.72. The van der Waals surface area contributed by atoms with Crippen molar-refractivity contribution in [1.29, 1.82) is 0 Å². The molecule has 1 aromatic carbocycles. The van der Waals surface area contributed by atoms with E-state index >= 15 is 0 Å². The number of nitrogens with zero attached hydrogens (tertiary/aromatic N) is 1. The van der Waals surface area contributed by atoms with Crippen molar-refractivity contribution in [2.45, 2.75) is 19.0 Å². The van der Waals surface area contributed by atoms with Gasteiger partial charge in [-0.05, 0) is 24.1 Å². The highest BCUT2D eigenvalue weighted by Gasteiger charge is 2.30. The minimum atomic E-state index is -4.38. The first kappa shape index (κ1) is 15.3. The molecule has 1 saturated heterocycles. The number of hydrogen-bond donors (Lipinski definition) is 1. The first-order valence-corrected chi connectivity index (χ1v) is 6.57. The van der Waals surface area contributed by atoms with E-state index in [0.29, 0.717) is 25.1 Å². The summed E-state index contributed by atoms with van der Waals surface area (Å²) in [6, 6.07) is 4.49. The zero-order chi connectivity index (χ0) is 15.5. The number of alkyl halides is 3. The van der Waals surface area contributed by atoms with Gasteiger partial charge in [0, 0.05) is 13.1 Å². The molecule has 0 aromatic heterocycles. The Hall–Kier alpha value is -2.05. The van der Waals surface area contributed by atoms with Gasteiger partial charge >= 0.3 is 6.18 Å². The van der Waals surface area contributed by atoms with Crippen molar-refractivity contribution < 1.29 is 22.8 Å². The van der Waals surface area contributed by atoms with Gasteiger partial charge in [0.2, 0.25) is 11.8 Å². The molecule has 0 atom stereocenters. The fourth-order valence-electron chi connectivity index (χ4n) is 2.12. The maximum Gasteiger partial charge on any atom is 0.416 e. The minimum absolute atomic E-state index is 0.000528. The number of halogens is 3. The number of hydrogen-bond acceptors (Lipinski definition) is 2. The van der Waals surface area contributed by atoms with Gasteiger partial charge in [0.05, 0.1) is 18.5 Å². The predicted octanol–water partition coefficient (Wildman–Crippen LogP) is 1.60. The van der Waals surface area contributed by atoms with E-state index in [0.717, 1.165) is 12.1 Å². The summed E-state index contributed by atoms with van der Waals surface area (Å²) in [6.45, 7) is 1.00. The Kier molecular flexibility index (Phi) is 4.50. The molecule has 114 valence electrons. The van der Waals surface area contributed by atoms with E-state index in [4.69, 9.17) is 0 Å². The lowest BCUT2D eigenvalue weighted by atomic mass is 10.1. The number of nitrogens with one attached hydrogen (secondary N) is 1. The summed E-state index contributed by atoms with van der Waals surface area (Å²) >= 11 is 0. The molecule has 1 aromatic rings. The third-order valence-electron chi connectivity index (χ3n) is 3.25. The Balaban J connectivity index is 2.00. The molecule has 0 aliphatic carbocycles. The Bertz CT molecular complexity index is 526. The van der Waals surface area contributed by atoms with Crippen LogP contribution in [0.25, 0.3) is 0 Å². The monoisotopic (exact) mass is 300 g/mol. The first-order valence-electron chi connectivity index (χ1n) is 6.57. The van der Waals surface area contributed by atoms with Crippen LogP contribution in [0.3, 0.4) is 0 Å². The third kappa shape index (κ3) is 4.21. The Morgan fingerprint density at radius 1 is 1.24 bits per heavy atom. The van der Waals surface area contributed by atoms with Crippen molar-refractivity contribution in [3.63, 3.8) is 0 Å². The Morgan fingerprint density at radius 3 is 2.52 bits per heavy atom. The molecule has 1 aliphatic rings. The molecule has 1 N–H and O–H groups in total. The molecule has 7 heteroatoms. The number of benzene rings is 1. The van der Waals surface area contributed by atoms with Gasteiger partial charge in [0.15, 0.2) is 0 Å². The van der Waals surface area contributed by atoms with Crippen LogP contribution in [0, 0.1) is 0 Å². The van der Waals surface area contributed by atoms with Gasteiger partial charge < -0.3 is 10.2 Å². The fraction of sp³-hybridized carbons (Fsp3) is 0.429. The van der Waals surface area contributed by atoms with Gasteiger partial charge in [-0.3, -0.25) is 9.59 Å². The van der Waals surface area contributed by atoms with Crippen molar-refractivity contribution in [3.05, 3.63) is 35.4 Å². The number of rotatable bonds is 2. The van der Waals surface area contributed by atoms with Crippen LogP contribution in [0.15, 0.2) is 24.3 Å².